The zero-order valence-corrected chi connectivity index (χ0v) is 14.8. The molecule has 25 heavy (non-hydrogen) atoms. The van der Waals surface area contributed by atoms with E-state index < -0.39 is 0 Å². The van der Waals surface area contributed by atoms with Crippen LogP contribution in [0.25, 0.3) is 0 Å². The molecule has 0 bridgehead atoms. The number of amides is 2. The van der Waals surface area contributed by atoms with E-state index in [0.717, 1.165) is 63.0 Å². The summed E-state index contributed by atoms with van der Waals surface area (Å²) in [6.07, 6.45) is 8.81. The third-order valence-electron chi connectivity index (χ3n) is 5.26. The molecule has 5 heteroatoms. The highest BCUT2D eigenvalue weighted by Gasteiger charge is 2.21. The SMILES string of the molecule is N#C[C@H]1CCC[C@@H](Nc2ccc(NC(=O)N3CCCCCC3)cc2)C1. The number of hydrogen-bond donors (Lipinski definition) is 2. The molecular formula is C20H28N4O. The lowest BCUT2D eigenvalue weighted by atomic mass is 9.86. The van der Waals surface area contributed by atoms with E-state index in [0.29, 0.717) is 6.04 Å². The summed E-state index contributed by atoms with van der Waals surface area (Å²) < 4.78 is 0. The van der Waals surface area contributed by atoms with Gasteiger partial charge in [0.05, 0.1) is 6.07 Å². The summed E-state index contributed by atoms with van der Waals surface area (Å²) in [5.74, 6) is 0.179. The maximum Gasteiger partial charge on any atom is 0.321 e. The van der Waals surface area contributed by atoms with Crippen LogP contribution in [0.1, 0.15) is 51.4 Å². The van der Waals surface area contributed by atoms with Crippen LogP contribution in [0.2, 0.25) is 0 Å². The first-order valence-corrected chi connectivity index (χ1v) is 9.57. The summed E-state index contributed by atoms with van der Waals surface area (Å²) in [6, 6.07) is 10.7. The second-order valence-corrected chi connectivity index (χ2v) is 7.24. The van der Waals surface area contributed by atoms with Crippen LogP contribution >= 0.6 is 0 Å². The minimum atomic E-state index is 0.00625. The Bertz CT molecular complexity index is 599. The quantitative estimate of drug-likeness (QED) is 0.845. The van der Waals surface area contributed by atoms with Crippen molar-refractivity contribution in [2.45, 2.75) is 57.4 Å². The first-order valence-electron chi connectivity index (χ1n) is 9.57. The average molecular weight is 340 g/mol. The summed E-state index contributed by atoms with van der Waals surface area (Å²) >= 11 is 0. The van der Waals surface area contributed by atoms with E-state index in [1.807, 2.05) is 29.2 Å². The van der Waals surface area contributed by atoms with E-state index >= 15 is 0 Å². The van der Waals surface area contributed by atoms with Crippen molar-refractivity contribution in [1.82, 2.24) is 4.90 Å². The van der Waals surface area contributed by atoms with Crippen molar-refractivity contribution in [3.63, 3.8) is 0 Å². The van der Waals surface area contributed by atoms with Gasteiger partial charge in [0.1, 0.15) is 0 Å². The van der Waals surface area contributed by atoms with E-state index in [1.54, 1.807) is 0 Å². The van der Waals surface area contributed by atoms with Gasteiger partial charge in [0.25, 0.3) is 0 Å². The number of benzene rings is 1. The molecule has 2 fully saturated rings. The lowest BCUT2D eigenvalue weighted by Gasteiger charge is -2.27. The van der Waals surface area contributed by atoms with Crippen molar-refractivity contribution in [2.75, 3.05) is 23.7 Å². The number of nitrogens with one attached hydrogen (secondary N) is 2. The van der Waals surface area contributed by atoms with E-state index in [4.69, 9.17) is 5.26 Å². The van der Waals surface area contributed by atoms with Gasteiger partial charge in [-0.25, -0.2) is 4.79 Å². The first-order chi connectivity index (χ1) is 12.2. The number of nitrogens with zero attached hydrogens (tertiary/aromatic N) is 2. The molecule has 3 rings (SSSR count). The Labute approximate surface area is 150 Å². The van der Waals surface area contributed by atoms with Crippen LogP contribution in [0, 0.1) is 17.2 Å². The van der Waals surface area contributed by atoms with Gasteiger partial charge in [0.15, 0.2) is 0 Å². The molecule has 2 aliphatic rings. The Morgan fingerprint density at radius 3 is 2.36 bits per heavy atom. The topological polar surface area (TPSA) is 68.2 Å². The summed E-state index contributed by atoms with van der Waals surface area (Å²) in [7, 11) is 0. The average Bonchev–Trinajstić information content (AvgIpc) is 2.93. The van der Waals surface area contributed by atoms with Gasteiger partial charge in [-0.2, -0.15) is 5.26 Å². The van der Waals surface area contributed by atoms with Crippen LogP contribution < -0.4 is 10.6 Å². The number of carbonyl (C=O) groups excluding carboxylic acids is 1. The van der Waals surface area contributed by atoms with Crippen molar-refractivity contribution >= 4 is 17.4 Å². The Kier molecular flexibility index (Phi) is 6.16. The Balaban J connectivity index is 1.51. The number of carbonyl (C=O) groups is 1. The van der Waals surface area contributed by atoms with Gasteiger partial charge in [-0.05, 0) is 56.4 Å². The minimum Gasteiger partial charge on any atom is -0.382 e. The summed E-state index contributed by atoms with van der Waals surface area (Å²) in [5, 5.41) is 15.6. The molecule has 0 aromatic heterocycles. The van der Waals surface area contributed by atoms with Gasteiger partial charge in [0.2, 0.25) is 0 Å². The van der Waals surface area contributed by atoms with Crippen LogP contribution in [0.3, 0.4) is 0 Å². The highest BCUT2D eigenvalue weighted by atomic mass is 16.2. The molecule has 1 saturated carbocycles. The fraction of sp³-hybridized carbons (Fsp3) is 0.600. The third-order valence-corrected chi connectivity index (χ3v) is 5.26. The monoisotopic (exact) mass is 340 g/mol. The molecule has 1 heterocycles. The van der Waals surface area contributed by atoms with E-state index in [-0.39, 0.29) is 11.9 Å². The normalized spacial score (nSPS) is 24.0. The maximum atomic E-state index is 12.4. The summed E-state index contributed by atoms with van der Waals surface area (Å²) in [5.41, 5.74) is 1.88. The molecule has 0 spiro atoms. The maximum absolute atomic E-state index is 12.4. The van der Waals surface area contributed by atoms with Gasteiger partial charge in [-0.3, -0.25) is 0 Å². The number of urea groups is 1. The molecule has 1 aliphatic carbocycles. The number of rotatable bonds is 3. The number of anilines is 2. The molecule has 2 atom stereocenters. The molecule has 1 saturated heterocycles. The second-order valence-electron chi connectivity index (χ2n) is 7.24. The Hall–Kier alpha value is -2.22. The highest BCUT2D eigenvalue weighted by Crippen LogP contribution is 2.26. The van der Waals surface area contributed by atoms with Gasteiger partial charge in [-0.15, -0.1) is 0 Å². The van der Waals surface area contributed by atoms with Crippen LogP contribution in [0.15, 0.2) is 24.3 Å². The third kappa shape index (κ3) is 5.12. The van der Waals surface area contributed by atoms with Crippen LogP contribution in [0.5, 0.6) is 0 Å². The van der Waals surface area contributed by atoms with E-state index in [1.165, 1.54) is 12.8 Å². The molecule has 1 aromatic carbocycles. The lowest BCUT2D eigenvalue weighted by Crippen LogP contribution is -2.35. The highest BCUT2D eigenvalue weighted by molar-refractivity contribution is 5.89. The minimum absolute atomic E-state index is 0.00625. The molecule has 1 aliphatic heterocycles. The Morgan fingerprint density at radius 1 is 1.00 bits per heavy atom. The van der Waals surface area contributed by atoms with Gasteiger partial charge in [0, 0.05) is 36.4 Å². The smallest absolute Gasteiger partial charge is 0.321 e. The van der Waals surface area contributed by atoms with Crippen LogP contribution in [-0.2, 0) is 0 Å². The second kappa shape index (κ2) is 8.75. The zero-order valence-electron chi connectivity index (χ0n) is 14.8. The van der Waals surface area contributed by atoms with Crippen molar-refractivity contribution in [1.29, 1.82) is 5.26 Å². The summed E-state index contributed by atoms with van der Waals surface area (Å²) in [4.78, 5) is 14.3. The largest absolute Gasteiger partial charge is 0.382 e. The van der Waals surface area contributed by atoms with Gasteiger partial charge >= 0.3 is 6.03 Å². The standard InChI is InChI=1S/C20H28N4O/c21-15-16-6-5-7-19(14-16)22-17-8-10-18(11-9-17)23-20(25)24-12-3-1-2-4-13-24/h8-11,16,19,22H,1-7,12-14H2,(H,23,25)/t16-,19+/m0/s1. The lowest BCUT2D eigenvalue weighted by molar-refractivity contribution is 0.214. The van der Waals surface area contributed by atoms with Crippen LogP contribution in [-0.4, -0.2) is 30.1 Å². The number of hydrogen-bond acceptors (Lipinski definition) is 3. The number of likely N-dealkylation sites (tertiary alicyclic amines) is 1. The van der Waals surface area contributed by atoms with Crippen molar-refractivity contribution in [3.8, 4) is 6.07 Å². The molecule has 134 valence electrons. The van der Waals surface area contributed by atoms with Gasteiger partial charge < -0.3 is 15.5 Å². The van der Waals surface area contributed by atoms with Crippen molar-refractivity contribution in [3.05, 3.63) is 24.3 Å². The molecule has 5 nitrogen and oxygen atoms in total. The predicted octanol–water partition coefficient (Wildman–Crippen LogP) is 4.59. The molecule has 0 radical (unpaired) electrons. The Morgan fingerprint density at radius 2 is 1.68 bits per heavy atom. The fourth-order valence-electron chi connectivity index (χ4n) is 3.80. The van der Waals surface area contributed by atoms with Crippen molar-refractivity contribution < 1.29 is 4.79 Å². The fourth-order valence-corrected chi connectivity index (χ4v) is 3.80. The van der Waals surface area contributed by atoms with Crippen molar-refractivity contribution in [2.24, 2.45) is 5.92 Å². The van der Waals surface area contributed by atoms with E-state index in [2.05, 4.69) is 16.7 Å². The summed E-state index contributed by atoms with van der Waals surface area (Å²) in [6.45, 7) is 1.71. The first kappa shape index (κ1) is 17.6. The molecule has 1 aromatic rings. The molecule has 0 unspecified atom stereocenters. The molecule has 2 amide bonds. The predicted molar refractivity (Wildman–Crippen MR) is 100 cm³/mol. The molecular weight excluding hydrogens is 312 g/mol. The zero-order chi connectivity index (χ0) is 17.5. The van der Waals surface area contributed by atoms with Gasteiger partial charge in [-0.1, -0.05) is 19.3 Å². The molecule has 2 N–H and O–H groups in total. The van der Waals surface area contributed by atoms with Crippen LogP contribution in [0.4, 0.5) is 16.2 Å². The number of nitriles is 1. The van der Waals surface area contributed by atoms with E-state index in [9.17, 15) is 4.79 Å².